The summed E-state index contributed by atoms with van der Waals surface area (Å²) in [5.74, 6) is -0.639. The number of anilines is 1. The molecular formula is C22H16N4O3S. The van der Waals surface area contributed by atoms with Gasteiger partial charge in [0.15, 0.2) is 0 Å². The Morgan fingerprint density at radius 2 is 1.83 bits per heavy atom. The molecule has 0 aliphatic carbocycles. The Kier molecular flexibility index (Phi) is 6.53. The lowest BCUT2D eigenvalue weighted by Gasteiger charge is -2.13. The maximum atomic E-state index is 12.1. The number of thioether (sulfide) groups is 1. The van der Waals surface area contributed by atoms with E-state index < -0.39 is 5.97 Å². The van der Waals surface area contributed by atoms with Gasteiger partial charge in [0.1, 0.15) is 40.9 Å². The number of aromatic hydroxyl groups is 1. The van der Waals surface area contributed by atoms with Crippen molar-refractivity contribution in [2.75, 3.05) is 11.5 Å². The van der Waals surface area contributed by atoms with Crippen LogP contribution in [0.25, 0.3) is 11.1 Å². The highest BCUT2D eigenvalue weighted by Crippen LogP contribution is 2.36. The van der Waals surface area contributed by atoms with Crippen LogP contribution in [-0.2, 0) is 16.1 Å². The number of hydrogen-bond acceptors (Lipinski definition) is 8. The van der Waals surface area contributed by atoms with Gasteiger partial charge in [-0.2, -0.15) is 10.5 Å². The van der Waals surface area contributed by atoms with Crippen LogP contribution in [0.1, 0.15) is 16.7 Å². The second kappa shape index (κ2) is 9.46. The molecule has 0 spiro atoms. The van der Waals surface area contributed by atoms with Crippen molar-refractivity contribution in [2.24, 2.45) is 0 Å². The molecule has 1 aromatic heterocycles. The number of carbonyl (C=O) groups excluding carboxylic acids is 1. The lowest BCUT2D eigenvalue weighted by Crippen LogP contribution is -2.09. The van der Waals surface area contributed by atoms with Crippen molar-refractivity contribution in [3.63, 3.8) is 0 Å². The second-order valence-corrected chi connectivity index (χ2v) is 7.10. The van der Waals surface area contributed by atoms with Crippen molar-refractivity contribution < 1.29 is 14.6 Å². The van der Waals surface area contributed by atoms with Gasteiger partial charge < -0.3 is 15.6 Å². The van der Waals surface area contributed by atoms with E-state index in [0.29, 0.717) is 5.56 Å². The maximum Gasteiger partial charge on any atom is 0.316 e. The van der Waals surface area contributed by atoms with Gasteiger partial charge in [-0.15, -0.1) is 0 Å². The van der Waals surface area contributed by atoms with Gasteiger partial charge in [-0.3, -0.25) is 4.79 Å². The van der Waals surface area contributed by atoms with Crippen LogP contribution in [0.15, 0.2) is 59.6 Å². The van der Waals surface area contributed by atoms with E-state index in [9.17, 15) is 20.4 Å². The zero-order chi connectivity index (χ0) is 21.5. The van der Waals surface area contributed by atoms with Gasteiger partial charge in [-0.1, -0.05) is 54.2 Å². The van der Waals surface area contributed by atoms with E-state index in [2.05, 4.69) is 4.98 Å². The number of nitrogen functional groups attached to an aromatic ring is 1. The normalized spacial score (nSPS) is 10.1. The fraction of sp³-hybridized carbons (Fsp3) is 0.0909. The first-order valence-corrected chi connectivity index (χ1v) is 9.77. The van der Waals surface area contributed by atoms with Crippen molar-refractivity contribution in [3.8, 4) is 29.0 Å². The number of nitrogens with zero attached hydrogens (tertiary/aromatic N) is 3. The van der Waals surface area contributed by atoms with Gasteiger partial charge in [0.25, 0.3) is 0 Å². The van der Waals surface area contributed by atoms with Gasteiger partial charge >= 0.3 is 5.97 Å². The quantitative estimate of drug-likeness (QED) is 0.460. The maximum absolute atomic E-state index is 12.1. The third kappa shape index (κ3) is 4.69. The number of nitriles is 2. The van der Waals surface area contributed by atoms with Gasteiger partial charge in [-0.05, 0) is 23.3 Å². The molecule has 7 nitrogen and oxygen atoms in total. The standard InChI is InChI=1S/C22H16N4O3S/c23-10-17-20(15-7-4-8-16(27)9-15)18(11-24)22(26-21(17)25)30-13-19(28)29-12-14-5-2-1-3-6-14/h1-9,27H,12-13H2,(H2,25,26). The van der Waals surface area contributed by atoms with Crippen LogP contribution >= 0.6 is 11.8 Å². The molecule has 2 aromatic carbocycles. The summed E-state index contributed by atoms with van der Waals surface area (Å²) in [6.07, 6.45) is 0. The van der Waals surface area contributed by atoms with Crippen molar-refractivity contribution in [2.45, 2.75) is 11.6 Å². The predicted molar refractivity (Wildman–Crippen MR) is 112 cm³/mol. The third-order valence-corrected chi connectivity index (χ3v) is 5.07. The summed E-state index contributed by atoms with van der Waals surface area (Å²) in [7, 11) is 0. The molecule has 30 heavy (non-hydrogen) atoms. The van der Waals surface area contributed by atoms with Gasteiger partial charge in [-0.25, -0.2) is 4.98 Å². The molecule has 0 bridgehead atoms. The Labute approximate surface area is 177 Å². The number of benzene rings is 2. The first-order chi connectivity index (χ1) is 14.5. The Hall–Kier alpha value is -4.01. The SMILES string of the molecule is N#Cc1c(N)nc(SCC(=O)OCc2ccccc2)c(C#N)c1-c1cccc(O)c1. The summed E-state index contributed by atoms with van der Waals surface area (Å²) in [5.41, 5.74) is 7.66. The number of pyridine rings is 1. The van der Waals surface area contributed by atoms with E-state index in [1.165, 1.54) is 12.1 Å². The highest BCUT2D eigenvalue weighted by atomic mass is 32.2. The highest BCUT2D eigenvalue weighted by molar-refractivity contribution is 7.99. The minimum atomic E-state index is -0.476. The predicted octanol–water partition coefficient (Wildman–Crippen LogP) is 3.62. The summed E-state index contributed by atoms with van der Waals surface area (Å²) in [5, 5.41) is 29.2. The molecule has 0 fully saturated rings. The van der Waals surface area contributed by atoms with Gasteiger partial charge in [0.2, 0.25) is 0 Å². The molecule has 0 saturated carbocycles. The molecule has 0 saturated heterocycles. The number of aromatic nitrogens is 1. The average molecular weight is 416 g/mol. The van der Waals surface area contributed by atoms with Crippen LogP contribution in [0.3, 0.4) is 0 Å². The van der Waals surface area contributed by atoms with E-state index in [4.69, 9.17) is 10.5 Å². The largest absolute Gasteiger partial charge is 0.508 e. The number of nitrogens with two attached hydrogens (primary N) is 1. The van der Waals surface area contributed by atoms with E-state index in [1.807, 2.05) is 42.5 Å². The Morgan fingerprint density at radius 1 is 1.10 bits per heavy atom. The molecule has 1 heterocycles. The second-order valence-electron chi connectivity index (χ2n) is 6.14. The van der Waals surface area contributed by atoms with Gasteiger partial charge in [0.05, 0.1) is 11.3 Å². The number of hydrogen-bond donors (Lipinski definition) is 2. The van der Waals surface area contributed by atoms with Crippen molar-refractivity contribution >= 4 is 23.5 Å². The summed E-state index contributed by atoms with van der Waals surface area (Å²) in [4.78, 5) is 16.3. The molecule has 0 aliphatic rings. The number of phenols is 1. The van der Waals surface area contributed by atoms with Crippen LogP contribution in [0, 0.1) is 22.7 Å². The average Bonchev–Trinajstić information content (AvgIpc) is 2.76. The molecule has 0 atom stereocenters. The van der Waals surface area contributed by atoms with Crippen molar-refractivity contribution in [1.82, 2.24) is 4.98 Å². The number of carbonyl (C=O) groups is 1. The third-order valence-electron chi connectivity index (χ3n) is 4.12. The molecule has 0 amide bonds. The first-order valence-electron chi connectivity index (χ1n) is 8.79. The van der Waals surface area contributed by atoms with E-state index in [1.54, 1.807) is 12.1 Å². The molecular weight excluding hydrogens is 400 g/mol. The number of phenolic OH excluding ortho intramolecular Hbond substituents is 1. The highest BCUT2D eigenvalue weighted by Gasteiger charge is 2.21. The molecule has 8 heteroatoms. The fourth-order valence-corrected chi connectivity index (χ4v) is 3.55. The van der Waals surface area contributed by atoms with Crippen LogP contribution in [0.5, 0.6) is 5.75 Å². The van der Waals surface area contributed by atoms with Crippen molar-refractivity contribution in [3.05, 3.63) is 71.3 Å². The molecule has 148 valence electrons. The van der Waals surface area contributed by atoms with E-state index in [-0.39, 0.29) is 45.6 Å². The lowest BCUT2D eigenvalue weighted by atomic mass is 9.97. The van der Waals surface area contributed by atoms with Crippen LogP contribution in [-0.4, -0.2) is 21.8 Å². The summed E-state index contributed by atoms with van der Waals surface area (Å²) >= 11 is 1.00. The molecule has 3 N–H and O–H groups in total. The van der Waals surface area contributed by atoms with Crippen LogP contribution < -0.4 is 5.73 Å². The molecule has 0 aliphatic heterocycles. The smallest absolute Gasteiger partial charge is 0.316 e. The number of rotatable bonds is 6. The molecule has 0 unspecified atom stereocenters. The Bertz CT molecular complexity index is 1170. The van der Waals surface area contributed by atoms with Crippen LogP contribution in [0.2, 0.25) is 0 Å². The molecule has 0 radical (unpaired) electrons. The zero-order valence-corrected chi connectivity index (χ0v) is 16.5. The van der Waals surface area contributed by atoms with Crippen molar-refractivity contribution in [1.29, 1.82) is 10.5 Å². The number of esters is 1. The van der Waals surface area contributed by atoms with Crippen LogP contribution in [0.4, 0.5) is 5.82 Å². The fourth-order valence-electron chi connectivity index (χ4n) is 2.76. The zero-order valence-electron chi connectivity index (χ0n) is 15.7. The lowest BCUT2D eigenvalue weighted by molar-refractivity contribution is -0.141. The van der Waals surface area contributed by atoms with E-state index in [0.717, 1.165) is 17.3 Å². The minimum absolute atomic E-state index is 0.0191. The minimum Gasteiger partial charge on any atom is -0.508 e. The summed E-state index contributed by atoms with van der Waals surface area (Å²) in [6, 6.07) is 19.4. The number of ether oxygens (including phenoxy) is 1. The monoisotopic (exact) mass is 416 g/mol. The Morgan fingerprint density at radius 3 is 2.50 bits per heavy atom. The Balaban J connectivity index is 1.86. The van der Waals surface area contributed by atoms with E-state index >= 15 is 0 Å². The van der Waals surface area contributed by atoms with Gasteiger partial charge in [0, 0.05) is 5.56 Å². The summed E-state index contributed by atoms with van der Waals surface area (Å²) in [6.45, 7) is 0.142. The molecule has 3 rings (SSSR count). The summed E-state index contributed by atoms with van der Waals surface area (Å²) < 4.78 is 5.24. The topological polar surface area (TPSA) is 133 Å². The molecule has 3 aromatic rings. The first kappa shape index (κ1) is 20.7.